The lowest BCUT2D eigenvalue weighted by atomic mass is 10.2. The average molecular weight is 327 g/mol. The summed E-state index contributed by atoms with van der Waals surface area (Å²) < 4.78 is 2.94. The van der Waals surface area contributed by atoms with Crippen LogP contribution in [0.5, 0.6) is 0 Å². The topological polar surface area (TPSA) is 67.6 Å². The van der Waals surface area contributed by atoms with Crippen LogP contribution in [0.4, 0.5) is 5.95 Å². The molecule has 2 aromatic carbocycles. The van der Waals surface area contributed by atoms with Crippen LogP contribution >= 0.6 is 15.9 Å². The van der Waals surface area contributed by atoms with E-state index in [2.05, 4.69) is 27.0 Å². The number of benzene rings is 2. The normalized spacial score (nSPS) is 10.6. The standard InChI is InChI=1S/C15H11BrN4/c16-12-6-2-1-4-11(12)9-20-13-7-3-5-10(8-17)14(13)19-15(20)18/h1-7H,9H2,(H2,18,19). The second-order valence-corrected chi connectivity index (χ2v) is 5.29. The van der Waals surface area contributed by atoms with Crippen molar-refractivity contribution in [3.63, 3.8) is 0 Å². The fraction of sp³-hybridized carbons (Fsp3) is 0.0667. The second kappa shape index (κ2) is 4.99. The Labute approximate surface area is 124 Å². The molecule has 98 valence electrons. The molecule has 0 saturated heterocycles. The lowest BCUT2D eigenvalue weighted by Gasteiger charge is -2.08. The van der Waals surface area contributed by atoms with Gasteiger partial charge in [-0.15, -0.1) is 0 Å². The molecule has 3 rings (SSSR count). The number of imidazole rings is 1. The molecule has 0 bridgehead atoms. The molecule has 4 nitrogen and oxygen atoms in total. The van der Waals surface area contributed by atoms with Crippen molar-refractivity contribution in [2.24, 2.45) is 0 Å². The predicted molar refractivity (Wildman–Crippen MR) is 82.1 cm³/mol. The van der Waals surface area contributed by atoms with Crippen molar-refractivity contribution < 1.29 is 0 Å². The molecule has 0 aliphatic carbocycles. The monoisotopic (exact) mass is 326 g/mol. The number of nitriles is 1. The SMILES string of the molecule is N#Cc1cccc2c1nc(N)n2Cc1ccccc1Br. The molecule has 0 aliphatic rings. The fourth-order valence-electron chi connectivity index (χ4n) is 2.22. The third-order valence-electron chi connectivity index (χ3n) is 3.22. The van der Waals surface area contributed by atoms with E-state index in [0.29, 0.717) is 23.6 Å². The Bertz CT molecular complexity index is 829. The van der Waals surface area contributed by atoms with Crippen molar-refractivity contribution in [1.29, 1.82) is 5.26 Å². The average Bonchev–Trinajstić information content (AvgIpc) is 2.77. The van der Waals surface area contributed by atoms with Crippen molar-refractivity contribution >= 4 is 32.9 Å². The van der Waals surface area contributed by atoms with E-state index in [1.54, 1.807) is 6.07 Å². The molecule has 20 heavy (non-hydrogen) atoms. The van der Waals surface area contributed by atoms with Crippen molar-refractivity contribution in [3.05, 3.63) is 58.1 Å². The van der Waals surface area contributed by atoms with Gasteiger partial charge in [-0.2, -0.15) is 5.26 Å². The highest BCUT2D eigenvalue weighted by Gasteiger charge is 2.12. The maximum Gasteiger partial charge on any atom is 0.201 e. The highest BCUT2D eigenvalue weighted by Crippen LogP contribution is 2.24. The lowest BCUT2D eigenvalue weighted by Crippen LogP contribution is -2.04. The van der Waals surface area contributed by atoms with Gasteiger partial charge in [-0.05, 0) is 23.8 Å². The summed E-state index contributed by atoms with van der Waals surface area (Å²) in [4.78, 5) is 4.31. The second-order valence-electron chi connectivity index (χ2n) is 4.43. The van der Waals surface area contributed by atoms with E-state index in [4.69, 9.17) is 11.0 Å². The summed E-state index contributed by atoms with van der Waals surface area (Å²) in [6.07, 6.45) is 0. The number of fused-ring (bicyclic) bond motifs is 1. The minimum Gasteiger partial charge on any atom is -0.369 e. The maximum atomic E-state index is 9.12. The van der Waals surface area contributed by atoms with Gasteiger partial charge in [0.15, 0.2) is 0 Å². The Morgan fingerprint density at radius 2 is 2.00 bits per heavy atom. The first-order valence-electron chi connectivity index (χ1n) is 6.09. The predicted octanol–water partition coefficient (Wildman–Crippen LogP) is 3.30. The van der Waals surface area contributed by atoms with Gasteiger partial charge in [0, 0.05) is 4.47 Å². The van der Waals surface area contributed by atoms with Gasteiger partial charge in [0.2, 0.25) is 5.95 Å². The zero-order chi connectivity index (χ0) is 14.1. The van der Waals surface area contributed by atoms with E-state index in [1.165, 1.54) is 0 Å². The Hall–Kier alpha value is -2.32. The number of para-hydroxylation sites is 1. The lowest BCUT2D eigenvalue weighted by molar-refractivity contribution is 0.835. The highest BCUT2D eigenvalue weighted by molar-refractivity contribution is 9.10. The summed E-state index contributed by atoms with van der Waals surface area (Å²) >= 11 is 3.53. The van der Waals surface area contributed by atoms with Crippen LogP contribution in [0.2, 0.25) is 0 Å². The first kappa shape index (κ1) is 12.7. The molecule has 0 fully saturated rings. The molecular weight excluding hydrogens is 316 g/mol. The molecule has 1 aromatic heterocycles. The van der Waals surface area contributed by atoms with Gasteiger partial charge >= 0.3 is 0 Å². The zero-order valence-electron chi connectivity index (χ0n) is 10.5. The Morgan fingerprint density at radius 3 is 2.75 bits per heavy atom. The van der Waals surface area contributed by atoms with Crippen LogP contribution in [0, 0.1) is 11.3 Å². The van der Waals surface area contributed by atoms with Crippen molar-refractivity contribution in [2.75, 3.05) is 5.73 Å². The molecule has 0 spiro atoms. The van der Waals surface area contributed by atoms with E-state index in [1.807, 2.05) is 41.0 Å². The molecule has 0 amide bonds. The number of hydrogen-bond donors (Lipinski definition) is 1. The van der Waals surface area contributed by atoms with Crippen molar-refractivity contribution in [1.82, 2.24) is 9.55 Å². The van der Waals surface area contributed by atoms with E-state index in [-0.39, 0.29) is 0 Å². The van der Waals surface area contributed by atoms with Gasteiger partial charge in [0.1, 0.15) is 11.6 Å². The maximum absolute atomic E-state index is 9.12. The first-order chi connectivity index (χ1) is 9.70. The number of nitrogens with two attached hydrogens (primary N) is 1. The van der Waals surface area contributed by atoms with E-state index in [0.717, 1.165) is 15.6 Å². The number of nitrogens with zero attached hydrogens (tertiary/aromatic N) is 3. The Balaban J connectivity index is 2.16. The molecule has 0 unspecified atom stereocenters. The van der Waals surface area contributed by atoms with E-state index < -0.39 is 0 Å². The number of rotatable bonds is 2. The minimum absolute atomic E-state index is 0.415. The van der Waals surface area contributed by atoms with Crippen molar-refractivity contribution in [2.45, 2.75) is 6.54 Å². The van der Waals surface area contributed by atoms with Crippen LogP contribution in [0.1, 0.15) is 11.1 Å². The van der Waals surface area contributed by atoms with Gasteiger partial charge in [-0.1, -0.05) is 40.2 Å². The molecule has 2 N–H and O–H groups in total. The number of hydrogen-bond acceptors (Lipinski definition) is 3. The number of aromatic nitrogens is 2. The molecule has 0 saturated carbocycles. The molecule has 0 aliphatic heterocycles. The third-order valence-corrected chi connectivity index (χ3v) is 3.99. The zero-order valence-corrected chi connectivity index (χ0v) is 12.1. The summed E-state index contributed by atoms with van der Waals surface area (Å²) in [5, 5.41) is 9.12. The summed E-state index contributed by atoms with van der Waals surface area (Å²) in [7, 11) is 0. The van der Waals surface area contributed by atoms with E-state index in [9.17, 15) is 0 Å². The summed E-state index contributed by atoms with van der Waals surface area (Å²) in [6.45, 7) is 0.610. The van der Waals surface area contributed by atoms with Crippen LogP contribution in [0.3, 0.4) is 0 Å². The van der Waals surface area contributed by atoms with Crippen LogP contribution in [0.25, 0.3) is 11.0 Å². The summed E-state index contributed by atoms with van der Waals surface area (Å²) in [6, 6.07) is 15.6. The van der Waals surface area contributed by atoms with Crippen LogP contribution in [-0.4, -0.2) is 9.55 Å². The third kappa shape index (κ3) is 2.04. The smallest absolute Gasteiger partial charge is 0.201 e. The largest absolute Gasteiger partial charge is 0.369 e. The van der Waals surface area contributed by atoms with Gasteiger partial charge in [-0.25, -0.2) is 4.98 Å². The van der Waals surface area contributed by atoms with Crippen LogP contribution in [-0.2, 0) is 6.54 Å². The van der Waals surface area contributed by atoms with Gasteiger partial charge in [-0.3, -0.25) is 0 Å². The van der Waals surface area contributed by atoms with Gasteiger partial charge < -0.3 is 10.3 Å². The van der Waals surface area contributed by atoms with Crippen LogP contribution in [0.15, 0.2) is 46.9 Å². The van der Waals surface area contributed by atoms with Crippen molar-refractivity contribution in [3.8, 4) is 6.07 Å². The van der Waals surface area contributed by atoms with E-state index >= 15 is 0 Å². The Morgan fingerprint density at radius 1 is 1.20 bits per heavy atom. The van der Waals surface area contributed by atoms with Gasteiger partial charge in [0.25, 0.3) is 0 Å². The van der Waals surface area contributed by atoms with Crippen LogP contribution < -0.4 is 5.73 Å². The first-order valence-corrected chi connectivity index (χ1v) is 6.88. The molecule has 3 aromatic rings. The highest BCUT2D eigenvalue weighted by atomic mass is 79.9. The minimum atomic E-state index is 0.415. The Kier molecular flexibility index (Phi) is 3.17. The number of anilines is 1. The number of nitrogen functional groups attached to an aromatic ring is 1. The molecule has 0 radical (unpaired) electrons. The summed E-state index contributed by atoms with van der Waals surface area (Å²) in [5.74, 6) is 0.415. The molecule has 5 heteroatoms. The molecular formula is C15H11BrN4. The molecule has 1 heterocycles. The van der Waals surface area contributed by atoms with Gasteiger partial charge in [0.05, 0.1) is 17.6 Å². The fourth-order valence-corrected chi connectivity index (χ4v) is 2.63. The molecule has 0 atom stereocenters. The summed E-state index contributed by atoms with van der Waals surface area (Å²) in [5.41, 5.74) is 9.18. The quantitative estimate of drug-likeness (QED) is 0.785. The number of halogens is 1.